The van der Waals surface area contributed by atoms with Gasteiger partial charge in [-0.25, -0.2) is 0 Å². The van der Waals surface area contributed by atoms with Gasteiger partial charge < -0.3 is 10.1 Å². The van der Waals surface area contributed by atoms with Crippen molar-refractivity contribution in [2.24, 2.45) is 0 Å². The number of para-hydroxylation sites is 2. The molecule has 2 nitrogen and oxygen atoms in total. The molecule has 1 aromatic carbocycles. The van der Waals surface area contributed by atoms with E-state index in [0.29, 0.717) is 6.04 Å². The summed E-state index contributed by atoms with van der Waals surface area (Å²) in [6, 6.07) is 8.57. The zero-order chi connectivity index (χ0) is 12.2. The summed E-state index contributed by atoms with van der Waals surface area (Å²) in [4.78, 5) is 0. The molecular weight excluding hydrogens is 198 g/mol. The van der Waals surface area contributed by atoms with E-state index in [1.807, 2.05) is 18.2 Å². The largest absolute Gasteiger partial charge is 0.486 e. The van der Waals surface area contributed by atoms with Crippen molar-refractivity contribution in [3.05, 3.63) is 24.3 Å². The lowest BCUT2D eigenvalue weighted by atomic mass is 10.1. The molecule has 2 heteroatoms. The smallest absolute Gasteiger partial charge is 0.143 e. The first-order valence-corrected chi connectivity index (χ1v) is 5.97. The van der Waals surface area contributed by atoms with Crippen LogP contribution in [-0.4, -0.2) is 11.6 Å². The van der Waals surface area contributed by atoms with Crippen LogP contribution in [0.25, 0.3) is 0 Å². The van der Waals surface area contributed by atoms with E-state index in [1.165, 1.54) is 0 Å². The SMILES string of the molecule is CCC(C)Nc1ccccc1OC(C)(C)C. The minimum Gasteiger partial charge on any atom is -0.486 e. The van der Waals surface area contributed by atoms with Crippen molar-refractivity contribution >= 4 is 5.69 Å². The standard InChI is InChI=1S/C14H23NO/c1-6-11(2)15-12-9-7-8-10-13(12)16-14(3,4)5/h7-11,15H,6H2,1-5H3. The molecule has 90 valence electrons. The molecule has 0 radical (unpaired) electrons. The van der Waals surface area contributed by atoms with E-state index in [0.717, 1.165) is 17.9 Å². The van der Waals surface area contributed by atoms with Crippen molar-refractivity contribution in [1.82, 2.24) is 0 Å². The molecule has 1 aromatic rings. The van der Waals surface area contributed by atoms with E-state index < -0.39 is 0 Å². The van der Waals surface area contributed by atoms with E-state index >= 15 is 0 Å². The van der Waals surface area contributed by atoms with E-state index in [9.17, 15) is 0 Å². The van der Waals surface area contributed by atoms with Gasteiger partial charge in [-0.2, -0.15) is 0 Å². The van der Waals surface area contributed by atoms with Crippen LogP contribution < -0.4 is 10.1 Å². The minimum atomic E-state index is -0.159. The number of hydrogen-bond donors (Lipinski definition) is 1. The Labute approximate surface area is 99.0 Å². The van der Waals surface area contributed by atoms with E-state index in [4.69, 9.17) is 4.74 Å². The number of benzene rings is 1. The molecule has 0 heterocycles. The van der Waals surface area contributed by atoms with Crippen LogP contribution in [0.15, 0.2) is 24.3 Å². The quantitative estimate of drug-likeness (QED) is 0.827. The predicted octanol–water partition coefficient (Wildman–Crippen LogP) is 4.07. The Hall–Kier alpha value is -1.18. The third-order valence-corrected chi connectivity index (χ3v) is 2.32. The number of nitrogens with one attached hydrogen (secondary N) is 1. The molecular formula is C14H23NO. The fourth-order valence-electron chi connectivity index (χ4n) is 1.37. The van der Waals surface area contributed by atoms with Crippen molar-refractivity contribution in [3.63, 3.8) is 0 Å². The minimum absolute atomic E-state index is 0.159. The van der Waals surface area contributed by atoms with Gasteiger partial charge in [0.1, 0.15) is 11.4 Å². The molecule has 0 fully saturated rings. The molecule has 0 saturated heterocycles. The van der Waals surface area contributed by atoms with Crippen molar-refractivity contribution < 1.29 is 4.74 Å². The van der Waals surface area contributed by atoms with Gasteiger partial charge in [-0.05, 0) is 46.2 Å². The molecule has 0 saturated carbocycles. The summed E-state index contributed by atoms with van der Waals surface area (Å²) in [7, 11) is 0. The van der Waals surface area contributed by atoms with Gasteiger partial charge in [0.05, 0.1) is 5.69 Å². The lowest BCUT2D eigenvalue weighted by Gasteiger charge is -2.24. The van der Waals surface area contributed by atoms with Crippen LogP contribution in [0.4, 0.5) is 5.69 Å². The van der Waals surface area contributed by atoms with Crippen LogP contribution in [-0.2, 0) is 0 Å². The highest BCUT2D eigenvalue weighted by Gasteiger charge is 2.14. The van der Waals surface area contributed by atoms with Crippen molar-refractivity contribution in [1.29, 1.82) is 0 Å². The van der Waals surface area contributed by atoms with Crippen LogP contribution in [0.5, 0.6) is 5.75 Å². The van der Waals surface area contributed by atoms with Gasteiger partial charge in [-0.3, -0.25) is 0 Å². The fraction of sp³-hybridized carbons (Fsp3) is 0.571. The molecule has 0 aliphatic rings. The molecule has 1 N–H and O–H groups in total. The highest BCUT2D eigenvalue weighted by molar-refractivity contribution is 5.56. The van der Waals surface area contributed by atoms with Gasteiger partial charge in [-0.1, -0.05) is 19.1 Å². The molecule has 0 aliphatic carbocycles. The highest BCUT2D eigenvalue weighted by Crippen LogP contribution is 2.28. The average Bonchev–Trinajstić information content (AvgIpc) is 2.18. The van der Waals surface area contributed by atoms with Crippen LogP contribution in [0.3, 0.4) is 0 Å². The summed E-state index contributed by atoms with van der Waals surface area (Å²) in [6.07, 6.45) is 1.10. The van der Waals surface area contributed by atoms with Gasteiger partial charge in [0, 0.05) is 6.04 Å². The molecule has 0 aromatic heterocycles. The maximum Gasteiger partial charge on any atom is 0.143 e. The number of ether oxygens (including phenoxy) is 1. The van der Waals surface area contributed by atoms with Crippen LogP contribution in [0, 0.1) is 0 Å². The van der Waals surface area contributed by atoms with Crippen molar-refractivity contribution in [2.45, 2.75) is 52.7 Å². The summed E-state index contributed by atoms with van der Waals surface area (Å²) in [5.74, 6) is 0.926. The third-order valence-electron chi connectivity index (χ3n) is 2.32. The Morgan fingerprint density at radius 3 is 2.44 bits per heavy atom. The summed E-state index contributed by atoms with van der Waals surface area (Å²) < 4.78 is 5.92. The maximum atomic E-state index is 5.92. The van der Waals surface area contributed by atoms with Crippen LogP contribution in [0.1, 0.15) is 41.0 Å². The van der Waals surface area contributed by atoms with Gasteiger partial charge >= 0.3 is 0 Å². The number of rotatable bonds is 4. The molecule has 16 heavy (non-hydrogen) atoms. The van der Waals surface area contributed by atoms with Gasteiger partial charge in [-0.15, -0.1) is 0 Å². The van der Waals surface area contributed by atoms with E-state index in [1.54, 1.807) is 0 Å². The van der Waals surface area contributed by atoms with Gasteiger partial charge in [0.2, 0.25) is 0 Å². The Morgan fingerprint density at radius 2 is 1.88 bits per heavy atom. The second kappa shape index (κ2) is 5.24. The first-order valence-electron chi connectivity index (χ1n) is 5.97. The van der Waals surface area contributed by atoms with Gasteiger partial charge in [0.15, 0.2) is 0 Å². The average molecular weight is 221 g/mol. The summed E-state index contributed by atoms with van der Waals surface area (Å²) >= 11 is 0. The topological polar surface area (TPSA) is 21.3 Å². The molecule has 0 amide bonds. The summed E-state index contributed by atoms with van der Waals surface area (Å²) in [5, 5.41) is 3.46. The lowest BCUT2D eigenvalue weighted by Crippen LogP contribution is -2.24. The zero-order valence-corrected chi connectivity index (χ0v) is 11.0. The van der Waals surface area contributed by atoms with E-state index in [-0.39, 0.29) is 5.60 Å². The van der Waals surface area contributed by atoms with Crippen LogP contribution in [0.2, 0.25) is 0 Å². The molecule has 0 spiro atoms. The maximum absolute atomic E-state index is 5.92. The summed E-state index contributed by atoms with van der Waals surface area (Å²) in [6.45, 7) is 10.5. The Balaban J connectivity index is 2.83. The van der Waals surface area contributed by atoms with Gasteiger partial charge in [0.25, 0.3) is 0 Å². The zero-order valence-electron chi connectivity index (χ0n) is 11.0. The lowest BCUT2D eigenvalue weighted by molar-refractivity contribution is 0.132. The normalized spacial score (nSPS) is 13.3. The molecule has 0 bridgehead atoms. The second-order valence-corrected chi connectivity index (χ2v) is 5.16. The first kappa shape index (κ1) is 12.9. The Bertz CT molecular complexity index is 328. The molecule has 1 atom stereocenters. The third kappa shape index (κ3) is 4.13. The monoisotopic (exact) mass is 221 g/mol. The van der Waals surface area contributed by atoms with Crippen LogP contribution >= 0.6 is 0 Å². The molecule has 1 rings (SSSR count). The van der Waals surface area contributed by atoms with Crippen molar-refractivity contribution in [2.75, 3.05) is 5.32 Å². The predicted molar refractivity (Wildman–Crippen MR) is 70.2 cm³/mol. The fourth-order valence-corrected chi connectivity index (χ4v) is 1.37. The van der Waals surface area contributed by atoms with Crippen molar-refractivity contribution in [3.8, 4) is 5.75 Å². The number of anilines is 1. The summed E-state index contributed by atoms with van der Waals surface area (Å²) in [5.41, 5.74) is 0.916. The first-order chi connectivity index (χ1) is 7.42. The Kier molecular flexibility index (Phi) is 4.22. The second-order valence-electron chi connectivity index (χ2n) is 5.16. The highest BCUT2D eigenvalue weighted by atomic mass is 16.5. The number of hydrogen-bond acceptors (Lipinski definition) is 2. The Morgan fingerprint density at radius 1 is 1.25 bits per heavy atom. The molecule has 0 aliphatic heterocycles. The molecule has 1 unspecified atom stereocenters. The van der Waals surface area contributed by atoms with E-state index in [2.05, 4.69) is 46.0 Å².